The van der Waals surface area contributed by atoms with Gasteiger partial charge in [-0.15, -0.1) is 0 Å². The van der Waals surface area contributed by atoms with E-state index in [9.17, 15) is 9.18 Å². The fraction of sp³-hybridized carbons (Fsp3) is 0.125. The fourth-order valence-corrected chi connectivity index (χ4v) is 1.72. The number of carbonyl (C=O) groups excluding carboxylic acids is 1. The van der Waals surface area contributed by atoms with Gasteiger partial charge in [-0.25, -0.2) is 9.82 Å². The first-order chi connectivity index (χ1) is 10.7. The molecule has 2 N–H and O–H groups in total. The quantitative estimate of drug-likeness (QED) is 0.636. The largest absolute Gasteiger partial charge is 0.497 e. The van der Waals surface area contributed by atoms with Crippen molar-refractivity contribution in [3.8, 4) is 5.75 Å². The van der Waals surface area contributed by atoms with Gasteiger partial charge in [0.15, 0.2) is 0 Å². The normalized spacial score (nSPS) is 10.5. The molecule has 2 aromatic rings. The van der Waals surface area contributed by atoms with E-state index >= 15 is 0 Å². The predicted molar refractivity (Wildman–Crippen MR) is 83.6 cm³/mol. The van der Waals surface area contributed by atoms with Crippen LogP contribution in [0.4, 0.5) is 10.1 Å². The number of methoxy groups -OCH3 is 1. The maximum absolute atomic E-state index is 13.0. The highest BCUT2D eigenvalue weighted by atomic mass is 19.1. The van der Waals surface area contributed by atoms with Gasteiger partial charge in [0.2, 0.25) is 0 Å². The van der Waals surface area contributed by atoms with Gasteiger partial charge in [0.05, 0.1) is 19.9 Å². The molecular formula is C16H16FN3O2. The number of hydrazone groups is 1. The molecule has 0 aliphatic rings. The lowest BCUT2D eigenvalue weighted by Crippen LogP contribution is -2.25. The number of amides is 1. The van der Waals surface area contributed by atoms with E-state index in [-0.39, 0.29) is 18.3 Å². The summed E-state index contributed by atoms with van der Waals surface area (Å²) in [5.41, 5.74) is 3.70. The van der Waals surface area contributed by atoms with E-state index in [2.05, 4.69) is 15.8 Å². The van der Waals surface area contributed by atoms with Crippen molar-refractivity contribution in [3.63, 3.8) is 0 Å². The molecule has 0 atom stereocenters. The third-order valence-corrected chi connectivity index (χ3v) is 2.77. The van der Waals surface area contributed by atoms with Gasteiger partial charge < -0.3 is 10.1 Å². The Balaban J connectivity index is 1.80. The summed E-state index contributed by atoms with van der Waals surface area (Å²) < 4.78 is 18.0. The minimum atomic E-state index is -0.352. The van der Waals surface area contributed by atoms with Crippen molar-refractivity contribution < 1.29 is 13.9 Å². The van der Waals surface area contributed by atoms with Gasteiger partial charge in [0.1, 0.15) is 11.6 Å². The van der Waals surface area contributed by atoms with E-state index in [1.54, 1.807) is 25.3 Å². The van der Waals surface area contributed by atoms with Crippen LogP contribution in [-0.4, -0.2) is 25.8 Å². The molecule has 1 amide bonds. The van der Waals surface area contributed by atoms with Gasteiger partial charge >= 0.3 is 0 Å². The lowest BCUT2D eigenvalue weighted by atomic mass is 10.2. The first-order valence-corrected chi connectivity index (χ1v) is 6.63. The average molecular weight is 301 g/mol. The molecule has 0 aliphatic heterocycles. The molecule has 22 heavy (non-hydrogen) atoms. The second-order valence-electron chi connectivity index (χ2n) is 4.43. The summed E-state index contributed by atoms with van der Waals surface area (Å²) in [5.74, 6) is 0.0416. The summed E-state index contributed by atoms with van der Waals surface area (Å²) in [4.78, 5) is 11.6. The molecular weight excluding hydrogens is 285 g/mol. The second kappa shape index (κ2) is 7.78. The monoisotopic (exact) mass is 301 g/mol. The second-order valence-corrected chi connectivity index (χ2v) is 4.43. The third-order valence-electron chi connectivity index (χ3n) is 2.77. The number of rotatable bonds is 6. The Kier molecular flexibility index (Phi) is 5.48. The van der Waals surface area contributed by atoms with Crippen LogP contribution in [0.15, 0.2) is 53.6 Å². The van der Waals surface area contributed by atoms with Crippen molar-refractivity contribution in [2.75, 3.05) is 19.0 Å². The highest BCUT2D eigenvalue weighted by Crippen LogP contribution is 2.16. The van der Waals surface area contributed by atoms with Crippen molar-refractivity contribution in [1.82, 2.24) is 5.43 Å². The third kappa shape index (κ3) is 4.90. The van der Waals surface area contributed by atoms with Crippen LogP contribution < -0.4 is 15.5 Å². The van der Waals surface area contributed by atoms with Crippen LogP contribution in [0.5, 0.6) is 5.75 Å². The van der Waals surface area contributed by atoms with Gasteiger partial charge in [-0.05, 0) is 29.8 Å². The van der Waals surface area contributed by atoms with E-state index < -0.39 is 0 Å². The number of carbonyl (C=O) groups is 1. The Hall–Kier alpha value is -2.89. The highest BCUT2D eigenvalue weighted by Gasteiger charge is 2.00. The van der Waals surface area contributed by atoms with Crippen LogP contribution in [0.2, 0.25) is 0 Å². The Morgan fingerprint density at radius 1 is 1.27 bits per heavy atom. The van der Waals surface area contributed by atoms with Crippen molar-refractivity contribution in [3.05, 3.63) is 59.9 Å². The molecule has 6 heteroatoms. The molecule has 0 unspecified atom stereocenters. The molecule has 0 spiro atoms. The summed E-state index contributed by atoms with van der Waals surface area (Å²) in [5, 5.41) is 6.72. The summed E-state index contributed by atoms with van der Waals surface area (Å²) >= 11 is 0. The minimum Gasteiger partial charge on any atom is -0.497 e. The predicted octanol–water partition coefficient (Wildman–Crippen LogP) is 2.40. The Morgan fingerprint density at radius 2 is 2.09 bits per heavy atom. The molecule has 0 aromatic heterocycles. The maximum atomic E-state index is 13.0. The van der Waals surface area contributed by atoms with Gasteiger partial charge in [-0.2, -0.15) is 5.10 Å². The molecule has 0 saturated carbocycles. The smallest absolute Gasteiger partial charge is 0.259 e. The van der Waals surface area contributed by atoms with E-state index in [1.807, 2.05) is 18.2 Å². The van der Waals surface area contributed by atoms with Gasteiger partial charge in [0, 0.05) is 11.8 Å². The van der Waals surface area contributed by atoms with Crippen LogP contribution in [0.25, 0.3) is 0 Å². The molecule has 0 fully saturated rings. The van der Waals surface area contributed by atoms with Gasteiger partial charge in [0.25, 0.3) is 5.91 Å². The number of nitrogens with zero attached hydrogens (tertiary/aromatic N) is 1. The lowest BCUT2D eigenvalue weighted by molar-refractivity contribution is -0.119. The molecule has 2 aromatic carbocycles. The summed E-state index contributed by atoms with van der Waals surface area (Å²) in [6.07, 6.45) is 1.38. The topological polar surface area (TPSA) is 62.7 Å². The maximum Gasteiger partial charge on any atom is 0.259 e. The van der Waals surface area contributed by atoms with Gasteiger partial charge in [-0.1, -0.05) is 18.2 Å². The number of benzene rings is 2. The minimum absolute atomic E-state index is 0.0632. The van der Waals surface area contributed by atoms with E-state index in [4.69, 9.17) is 4.74 Å². The molecule has 0 bridgehead atoms. The molecule has 0 radical (unpaired) electrons. The zero-order chi connectivity index (χ0) is 15.8. The Labute approximate surface area is 127 Å². The van der Waals surface area contributed by atoms with Crippen LogP contribution >= 0.6 is 0 Å². The summed E-state index contributed by atoms with van der Waals surface area (Å²) in [6.45, 7) is 0.0632. The van der Waals surface area contributed by atoms with Crippen LogP contribution in [0.3, 0.4) is 0 Å². The number of anilines is 1. The van der Waals surface area contributed by atoms with Crippen LogP contribution in [-0.2, 0) is 4.79 Å². The molecule has 0 aliphatic carbocycles. The Morgan fingerprint density at radius 3 is 2.86 bits per heavy atom. The van der Waals surface area contributed by atoms with Crippen molar-refractivity contribution >= 4 is 17.8 Å². The zero-order valence-corrected chi connectivity index (χ0v) is 12.0. The molecule has 2 rings (SSSR count). The molecule has 114 valence electrons. The summed E-state index contributed by atoms with van der Waals surface area (Å²) in [6, 6.07) is 13.2. The highest BCUT2D eigenvalue weighted by molar-refractivity contribution is 5.84. The zero-order valence-electron chi connectivity index (χ0n) is 12.0. The number of hydrogen-bond acceptors (Lipinski definition) is 4. The summed E-state index contributed by atoms with van der Waals surface area (Å²) in [7, 11) is 1.58. The van der Waals surface area contributed by atoms with E-state index in [1.165, 1.54) is 18.3 Å². The number of hydrogen-bond donors (Lipinski definition) is 2. The standard InChI is InChI=1S/C16H16FN3O2/c1-22-15-7-3-6-14(9-15)18-11-16(21)20-19-10-12-4-2-5-13(17)8-12/h2-10,18H,11H2,1H3,(H,20,21)/b19-10-. The fourth-order valence-electron chi connectivity index (χ4n) is 1.72. The van der Waals surface area contributed by atoms with Crippen molar-refractivity contribution in [1.29, 1.82) is 0 Å². The van der Waals surface area contributed by atoms with Crippen molar-refractivity contribution in [2.45, 2.75) is 0 Å². The number of halogens is 1. The molecule has 0 saturated heterocycles. The van der Waals surface area contributed by atoms with Gasteiger partial charge in [-0.3, -0.25) is 4.79 Å². The average Bonchev–Trinajstić information content (AvgIpc) is 2.53. The number of nitrogens with one attached hydrogen (secondary N) is 2. The first-order valence-electron chi connectivity index (χ1n) is 6.63. The SMILES string of the molecule is COc1cccc(NCC(=O)N/N=C\c2cccc(F)c2)c1. The van der Waals surface area contributed by atoms with Crippen LogP contribution in [0, 0.1) is 5.82 Å². The first kappa shape index (κ1) is 15.5. The number of ether oxygens (including phenoxy) is 1. The van der Waals surface area contributed by atoms with Crippen LogP contribution in [0.1, 0.15) is 5.56 Å². The molecule has 5 nitrogen and oxygen atoms in total. The van der Waals surface area contributed by atoms with E-state index in [0.29, 0.717) is 11.3 Å². The Bertz CT molecular complexity index is 674. The molecule has 0 heterocycles. The van der Waals surface area contributed by atoms with Crippen molar-refractivity contribution in [2.24, 2.45) is 5.10 Å². The van der Waals surface area contributed by atoms with E-state index in [0.717, 1.165) is 5.69 Å². The lowest BCUT2D eigenvalue weighted by Gasteiger charge is -2.06.